The van der Waals surface area contributed by atoms with E-state index in [1.807, 2.05) is 12.1 Å². The molecule has 8 nitrogen and oxygen atoms in total. The van der Waals surface area contributed by atoms with Gasteiger partial charge >= 0.3 is 0 Å². The summed E-state index contributed by atoms with van der Waals surface area (Å²) in [4.78, 5) is 37.9. The third-order valence-corrected chi connectivity index (χ3v) is 8.02. The maximum absolute atomic E-state index is 13.5. The molecule has 0 spiro atoms. The Morgan fingerprint density at radius 2 is 1.92 bits per heavy atom. The van der Waals surface area contributed by atoms with Crippen molar-refractivity contribution in [2.75, 3.05) is 39.8 Å². The van der Waals surface area contributed by atoms with Gasteiger partial charge in [-0.3, -0.25) is 9.59 Å². The summed E-state index contributed by atoms with van der Waals surface area (Å²) in [5.41, 5.74) is 1.81. The van der Waals surface area contributed by atoms with E-state index in [0.717, 1.165) is 44.3 Å². The van der Waals surface area contributed by atoms with Crippen LogP contribution in [-0.2, 0) is 6.54 Å². The van der Waals surface area contributed by atoms with Crippen LogP contribution in [0.15, 0.2) is 35.3 Å². The van der Waals surface area contributed by atoms with Gasteiger partial charge in [0, 0.05) is 46.4 Å². The molecule has 1 N–H and O–H groups in total. The second-order valence-corrected chi connectivity index (χ2v) is 10.6. The summed E-state index contributed by atoms with van der Waals surface area (Å²) < 4.78 is 0. The quantitative estimate of drug-likeness (QED) is 0.453. The highest BCUT2D eigenvalue weighted by Gasteiger charge is 2.28. The molecular formula is C27H33N5O3S. The zero-order chi connectivity index (χ0) is 25.5. The third-order valence-electron chi connectivity index (χ3n) is 6.92. The van der Waals surface area contributed by atoms with Crippen molar-refractivity contribution < 1.29 is 14.7 Å². The van der Waals surface area contributed by atoms with Gasteiger partial charge < -0.3 is 19.8 Å². The number of aliphatic imine (C=N–C) groups is 1. The number of carbonyl (C=O) groups excluding carboxylic acids is 2. The molecule has 190 valence electrons. The maximum atomic E-state index is 13.5. The Labute approximate surface area is 216 Å². The minimum absolute atomic E-state index is 0.0951. The number of aliphatic hydroxyl groups is 1. The van der Waals surface area contributed by atoms with Crippen molar-refractivity contribution in [2.24, 2.45) is 10.9 Å². The number of hydrogen-bond donors (Lipinski definition) is 1. The van der Waals surface area contributed by atoms with Gasteiger partial charge in [-0.25, -0.2) is 4.99 Å². The molecule has 2 aliphatic rings. The number of rotatable bonds is 7. The lowest BCUT2D eigenvalue weighted by molar-refractivity contribution is 0.0655. The molecule has 3 heterocycles. The van der Waals surface area contributed by atoms with Crippen molar-refractivity contribution in [3.63, 3.8) is 0 Å². The zero-order valence-corrected chi connectivity index (χ0v) is 21.5. The van der Waals surface area contributed by atoms with Crippen LogP contribution in [0.2, 0.25) is 0 Å². The summed E-state index contributed by atoms with van der Waals surface area (Å²) in [5, 5.41) is 18.8. The summed E-state index contributed by atoms with van der Waals surface area (Å²) in [6, 6.07) is 11.2. The number of likely N-dealkylation sites (tertiary alicyclic amines) is 2. The number of hydrogen-bond acceptors (Lipinski definition) is 6. The molecule has 9 heteroatoms. The number of aliphatic hydroxyl groups excluding tert-OH is 1. The Kier molecular flexibility index (Phi) is 8.73. The van der Waals surface area contributed by atoms with Crippen LogP contribution in [0.1, 0.15) is 62.6 Å². The predicted molar refractivity (Wildman–Crippen MR) is 141 cm³/mol. The lowest BCUT2D eigenvalue weighted by Crippen LogP contribution is -2.38. The molecular weight excluding hydrogens is 474 g/mol. The van der Waals surface area contributed by atoms with Crippen LogP contribution in [0.3, 0.4) is 0 Å². The van der Waals surface area contributed by atoms with Gasteiger partial charge in [-0.2, -0.15) is 5.26 Å². The first-order valence-corrected chi connectivity index (χ1v) is 13.4. The van der Waals surface area contributed by atoms with E-state index in [1.54, 1.807) is 41.4 Å². The number of piperidine rings is 2. The van der Waals surface area contributed by atoms with Crippen molar-refractivity contribution in [3.05, 3.63) is 51.2 Å². The van der Waals surface area contributed by atoms with Crippen molar-refractivity contribution in [3.8, 4) is 6.07 Å². The topological polar surface area (TPSA) is 100 Å². The van der Waals surface area contributed by atoms with Crippen LogP contribution in [0.5, 0.6) is 0 Å². The van der Waals surface area contributed by atoms with Gasteiger partial charge in [0.2, 0.25) is 0 Å². The molecule has 2 aromatic rings. The smallest absolute Gasteiger partial charge is 0.266 e. The Hall–Kier alpha value is -3.22. The molecule has 2 fully saturated rings. The van der Waals surface area contributed by atoms with Crippen LogP contribution < -0.4 is 0 Å². The fourth-order valence-corrected chi connectivity index (χ4v) is 5.72. The van der Waals surface area contributed by atoms with E-state index < -0.39 is 0 Å². The van der Waals surface area contributed by atoms with E-state index in [9.17, 15) is 20.0 Å². The van der Waals surface area contributed by atoms with E-state index in [2.05, 4.69) is 16.0 Å². The molecule has 4 rings (SSSR count). The fraction of sp³-hybridized carbons (Fsp3) is 0.481. The molecule has 2 amide bonds. The second kappa shape index (κ2) is 12.2. The number of nitrogens with zero attached hydrogens (tertiary/aromatic N) is 5. The first-order chi connectivity index (χ1) is 17.5. The van der Waals surface area contributed by atoms with Gasteiger partial charge in [-0.05, 0) is 55.7 Å². The molecule has 1 aromatic heterocycles. The lowest BCUT2D eigenvalue weighted by atomic mass is 9.98. The molecule has 36 heavy (non-hydrogen) atoms. The average Bonchev–Trinajstić information content (AvgIpc) is 3.36. The minimum atomic E-state index is -0.225. The Morgan fingerprint density at radius 3 is 2.61 bits per heavy atom. The molecule has 0 atom stereocenters. The van der Waals surface area contributed by atoms with Crippen molar-refractivity contribution >= 4 is 35.2 Å². The number of amides is 2. The van der Waals surface area contributed by atoms with Gasteiger partial charge in [-0.15, -0.1) is 11.3 Å². The van der Waals surface area contributed by atoms with Crippen LogP contribution in [0.4, 0.5) is 5.69 Å². The largest absolute Gasteiger partial charge is 0.396 e. The highest BCUT2D eigenvalue weighted by molar-refractivity contribution is 7.16. The highest BCUT2D eigenvalue weighted by Crippen LogP contribution is 2.33. The lowest BCUT2D eigenvalue weighted by Gasteiger charge is -2.30. The summed E-state index contributed by atoms with van der Waals surface area (Å²) in [7, 11) is 1.70. The number of nitriles is 1. The van der Waals surface area contributed by atoms with E-state index in [4.69, 9.17) is 0 Å². The molecule has 0 radical (unpaired) electrons. The summed E-state index contributed by atoms with van der Waals surface area (Å²) in [6.45, 7) is 3.51. The molecule has 0 aliphatic carbocycles. The van der Waals surface area contributed by atoms with Crippen LogP contribution in [-0.4, -0.2) is 77.8 Å². The SMILES string of the molecule is CN(Cc1ccccc1C#N)C(=O)c1sc(C(=O)N2CCC(CO)CC2)cc1/N=C/N1CCCCC1. The molecule has 2 aliphatic heterocycles. The van der Waals surface area contributed by atoms with Crippen molar-refractivity contribution in [1.82, 2.24) is 14.7 Å². The first kappa shape index (κ1) is 25.9. The van der Waals surface area contributed by atoms with Gasteiger partial charge in [-0.1, -0.05) is 18.2 Å². The standard InChI is InChI=1S/C27H33N5O3S/c1-30(17-22-8-4-3-7-21(22)16-28)27(35)25-23(29-19-31-11-5-2-6-12-31)15-24(36-25)26(34)32-13-9-20(18-33)10-14-32/h3-4,7-8,15,19-20,33H,2,5-6,9-14,17-18H2,1H3/b29-19+. The molecule has 0 saturated carbocycles. The molecule has 1 aromatic carbocycles. The Balaban J connectivity index is 1.57. The van der Waals surface area contributed by atoms with Crippen LogP contribution in [0, 0.1) is 17.2 Å². The summed E-state index contributed by atoms with van der Waals surface area (Å²) in [6.07, 6.45) is 6.81. The van der Waals surface area contributed by atoms with Crippen molar-refractivity contribution in [2.45, 2.75) is 38.6 Å². The third kappa shape index (κ3) is 6.12. The monoisotopic (exact) mass is 507 g/mol. The zero-order valence-electron chi connectivity index (χ0n) is 20.7. The number of thiophene rings is 1. The predicted octanol–water partition coefficient (Wildman–Crippen LogP) is 3.88. The normalized spacial score (nSPS) is 16.8. The van der Waals surface area contributed by atoms with E-state index in [0.29, 0.717) is 34.1 Å². The fourth-order valence-electron chi connectivity index (χ4n) is 4.66. The second-order valence-electron chi connectivity index (χ2n) is 9.51. The van der Waals surface area contributed by atoms with Crippen molar-refractivity contribution in [1.29, 1.82) is 5.26 Å². The number of benzene rings is 1. The Morgan fingerprint density at radius 1 is 1.19 bits per heavy atom. The van der Waals surface area contributed by atoms with E-state index >= 15 is 0 Å². The molecule has 0 bridgehead atoms. The summed E-state index contributed by atoms with van der Waals surface area (Å²) >= 11 is 1.18. The number of carbonyl (C=O) groups is 2. The van der Waals surface area contributed by atoms with Gasteiger partial charge in [0.15, 0.2) is 0 Å². The molecule has 2 saturated heterocycles. The first-order valence-electron chi connectivity index (χ1n) is 12.6. The minimum Gasteiger partial charge on any atom is -0.396 e. The molecule has 0 unspecified atom stereocenters. The van der Waals surface area contributed by atoms with Gasteiger partial charge in [0.05, 0.1) is 28.5 Å². The highest BCUT2D eigenvalue weighted by atomic mass is 32.1. The van der Waals surface area contributed by atoms with E-state index in [-0.39, 0.29) is 30.9 Å². The van der Waals surface area contributed by atoms with E-state index in [1.165, 1.54) is 17.8 Å². The average molecular weight is 508 g/mol. The van der Waals surface area contributed by atoms with Crippen LogP contribution >= 0.6 is 11.3 Å². The maximum Gasteiger partial charge on any atom is 0.266 e. The summed E-state index contributed by atoms with van der Waals surface area (Å²) in [5.74, 6) is -0.0805. The Bertz CT molecular complexity index is 1140. The van der Waals surface area contributed by atoms with Gasteiger partial charge in [0.1, 0.15) is 4.88 Å². The van der Waals surface area contributed by atoms with Crippen LogP contribution in [0.25, 0.3) is 0 Å². The van der Waals surface area contributed by atoms with Gasteiger partial charge in [0.25, 0.3) is 11.8 Å².